The molecule has 1 aliphatic carbocycles. The minimum absolute atomic E-state index is 0.00901. The van der Waals surface area contributed by atoms with Crippen LogP contribution in [0.25, 0.3) is 10.8 Å². The minimum Gasteiger partial charge on any atom is -0.247 e. The van der Waals surface area contributed by atoms with Gasteiger partial charge in [-0.05, 0) is 61.8 Å². The molecule has 2 aliphatic rings. The Morgan fingerprint density at radius 2 is 1.64 bits per heavy atom. The van der Waals surface area contributed by atoms with E-state index in [1.807, 2.05) is 6.07 Å². The molecule has 0 N–H and O–H groups in total. The lowest BCUT2D eigenvalue weighted by Gasteiger charge is -2.29. The monoisotopic (exact) mass is 375 g/mol. The predicted molar refractivity (Wildman–Crippen MR) is 111 cm³/mol. The zero-order valence-corrected chi connectivity index (χ0v) is 16.2. The fourth-order valence-electron chi connectivity index (χ4n) is 4.92. The number of hydrogen-bond acceptors (Lipinski definition) is 1. The Labute approximate surface area is 164 Å². The van der Waals surface area contributed by atoms with E-state index in [-0.39, 0.29) is 18.8 Å². The van der Waals surface area contributed by atoms with E-state index >= 15 is 0 Å². The van der Waals surface area contributed by atoms with Crippen molar-refractivity contribution in [3.8, 4) is 0 Å². The second-order valence-electron chi connectivity index (χ2n) is 8.37. The van der Waals surface area contributed by atoms with E-state index in [1.165, 1.54) is 27.5 Å². The first-order valence-corrected chi connectivity index (χ1v) is 10.0. The molecule has 5 rings (SSSR count). The number of rotatable bonds is 2. The van der Waals surface area contributed by atoms with Crippen LogP contribution in [0, 0.1) is 13.8 Å². The fraction of sp³-hybridized carbons (Fsp3) is 0.320. The van der Waals surface area contributed by atoms with E-state index < -0.39 is 5.92 Å². The molecular weight excluding hydrogens is 352 g/mol. The molecule has 1 fully saturated rings. The molecule has 28 heavy (non-hydrogen) atoms. The van der Waals surface area contributed by atoms with Crippen LogP contribution in [0.15, 0.2) is 53.5 Å². The Balaban J connectivity index is 1.61. The van der Waals surface area contributed by atoms with E-state index in [1.54, 1.807) is 0 Å². The summed E-state index contributed by atoms with van der Waals surface area (Å²) in [6.07, 6.45) is 1.09. The van der Waals surface area contributed by atoms with E-state index in [2.05, 4.69) is 56.3 Å². The molecule has 0 bridgehead atoms. The molecule has 1 heterocycles. The van der Waals surface area contributed by atoms with Crippen LogP contribution in [0.5, 0.6) is 0 Å². The van der Waals surface area contributed by atoms with Gasteiger partial charge in [0, 0.05) is 29.4 Å². The van der Waals surface area contributed by atoms with Gasteiger partial charge < -0.3 is 0 Å². The fourth-order valence-corrected chi connectivity index (χ4v) is 4.92. The molecule has 1 aliphatic heterocycles. The second-order valence-corrected chi connectivity index (χ2v) is 8.37. The van der Waals surface area contributed by atoms with Crippen molar-refractivity contribution in [1.82, 2.24) is 0 Å². The molecule has 0 amide bonds. The predicted octanol–water partition coefficient (Wildman–Crippen LogP) is 7.23. The second kappa shape index (κ2) is 6.23. The lowest BCUT2D eigenvalue weighted by atomic mass is 9.79. The van der Waals surface area contributed by atoms with Crippen LogP contribution in [0.2, 0.25) is 0 Å². The quantitative estimate of drug-likeness (QED) is 0.350. The van der Waals surface area contributed by atoms with Crippen LogP contribution in [0.1, 0.15) is 59.4 Å². The van der Waals surface area contributed by atoms with Gasteiger partial charge in [0.1, 0.15) is 0 Å². The van der Waals surface area contributed by atoms with Gasteiger partial charge in [-0.2, -0.15) is 0 Å². The molecule has 0 radical (unpaired) electrons. The number of alkyl halides is 2. The van der Waals surface area contributed by atoms with E-state index in [9.17, 15) is 8.78 Å². The number of nitrogens with zero attached hydrogens (tertiary/aromatic N) is 1. The number of benzene rings is 3. The van der Waals surface area contributed by atoms with Crippen molar-refractivity contribution in [3.63, 3.8) is 0 Å². The van der Waals surface area contributed by atoms with Gasteiger partial charge in [-0.15, -0.1) is 0 Å². The Morgan fingerprint density at radius 1 is 0.929 bits per heavy atom. The molecule has 3 aromatic carbocycles. The summed E-state index contributed by atoms with van der Waals surface area (Å²) in [4.78, 5) is 4.95. The van der Waals surface area contributed by atoms with Crippen molar-refractivity contribution in [2.24, 2.45) is 4.99 Å². The molecule has 1 saturated carbocycles. The highest BCUT2D eigenvalue weighted by molar-refractivity contribution is 6.26. The van der Waals surface area contributed by atoms with Crippen LogP contribution in [-0.2, 0) is 0 Å². The van der Waals surface area contributed by atoms with Crippen molar-refractivity contribution in [2.45, 2.75) is 51.4 Å². The van der Waals surface area contributed by atoms with Crippen molar-refractivity contribution in [1.29, 1.82) is 0 Å². The summed E-state index contributed by atoms with van der Waals surface area (Å²) in [7, 11) is 0. The number of aliphatic imine (C=N–C) groups is 1. The van der Waals surface area contributed by atoms with Gasteiger partial charge >= 0.3 is 0 Å². The smallest absolute Gasteiger partial charge is 0.247 e. The van der Waals surface area contributed by atoms with Crippen molar-refractivity contribution in [3.05, 3.63) is 76.3 Å². The van der Waals surface area contributed by atoms with Gasteiger partial charge in [-0.3, -0.25) is 0 Å². The van der Waals surface area contributed by atoms with Crippen LogP contribution in [-0.4, -0.2) is 11.6 Å². The van der Waals surface area contributed by atoms with Crippen LogP contribution in [0.4, 0.5) is 14.5 Å². The number of aryl methyl sites for hydroxylation is 2. The summed E-state index contributed by atoms with van der Waals surface area (Å²) in [6.45, 7) is 4.22. The summed E-state index contributed by atoms with van der Waals surface area (Å²) in [5.74, 6) is -2.29. The maximum Gasteiger partial charge on any atom is 0.248 e. The Kier molecular flexibility index (Phi) is 3.90. The normalized spacial score (nSPS) is 18.5. The van der Waals surface area contributed by atoms with Crippen molar-refractivity contribution >= 4 is 22.2 Å². The summed E-state index contributed by atoms with van der Waals surface area (Å²) < 4.78 is 27.3. The highest BCUT2D eigenvalue weighted by Crippen LogP contribution is 2.46. The van der Waals surface area contributed by atoms with Gasteiger partial charge in [-0.25, -0.2) is 13.8 Å². The summed E-state index contributed by atoms with van der Waals surface area (Å²) in [5.41, 5.74) is 7.95. The maximum absolute atomic E-state index is 13.6. The zero-order chi connectivity index (χ0) is 19.5. The zero-order valence-electron chi connectivity index (χ0n) is 16.2. The molecule has 0 spiro atoms. The Hall–Kier alpha value is -2.55. The van der Waals surface area contributed by atoms with Crippen molar-refractivity contribution in [2.75, 3.05) is 0 Å². The summed E-state index contributed by atoms with van der Waals surface area (Å²) >= 11 is 0. The maximum atomic E-state index is 13.6. The standard InChI is InChI=1S/C25H23F2N/c1-15-12-16(2)14-18(13-15)24-21-7-6-19(17-8-10-25(26,27)11-9-17)20-4-3-5-22(28-24)23(20)21/h3-7,12-14,17H,8-11H2,1-2H3. The molecule has 0 aromatic heterocycles. The van der Waals surface area contributed by atoms with E-state index in [4.69, 9.17) is 4.99 Å². The average molecular weight is 375 g/mol. The SMILES string of the molecule is Cc1cc(C)cc(C2=Nc3cccc4c(C5CCC(F)(F)CC5)ccc2c34)c1. The van der Waals surface area contributed by atoms with Gasteiger partial charge in [0.25, 0.3) is 0 Å². The van der Waals surface area contributed by atoms with E-state index in [0.29, 0.717) is 12.8 Å². The van der Waals surface area contributed by atoms with Crippen LogP contribution < -0.4 is 0 Å². The first-order valence-electron chi connectivity index (χ1n) is 10.0. The topological polar surface area (TPSA) is 12.4 Å². The Morgan fingerprint density at radius 3 is 2.36 bits per heavy atom. The highest BCUT2D eigenvalue weighted by atomic mass is 19.3. The number of halogens is 2. The number of hydrogen-bond donors (Lipinski definition) is 0. The van der Waals surface area contributed by atoms with Crippen LogP contribution >= 0.6 is 0 Å². The molecule has 1 nitrogen and oxygen atoms in total. The molecule has 142 valence electrons. The molecule has 3 heteroatoms. The summed E-state index contributed by atoms with van der Waals surface area (Å²) in [6, 6.07) is 17.1. The van der Waals surface area contributed by atoms with Gasteiger partial charge in [0.05, 0.1) is 11.4 Å². The third-order valence-electron chi connectivity index (χ3n) is 6.19. The molecule has 0 atom stereocenters. The van der Waals surface area contributed by atoms with Gasteiger partial charge in [-0.1, -0.05) is 41.5 Å². The lowest BCUT2D eigenvalue weighted by molar-refractivity contribution is -0.0381. The summed E-state index contributed by atoms with van der Waals surface area (Å²) in [5, 5.41) is 2.35. The Bertz CT molecular complexity index is 1100. The first kappa shape index (κ1) is 17.5. The molecular formula is C25H23F2N. The van der Waals surface area contributed by atoms with Crippen LogP contribution in [0.3, 0.4) is 0 Å². The first-order chi connectivity index (χ1) is 13.4. The van der Waals surface area contributed by atoms with E-state index in [0.717, 1.165) is 22.5 Å². The largest absolute Gasteiger partial charge is 0.248 e. The lowest BCUT2D eigenvalue weighted by Crippen LogP contribution is -2.23. The van der Waals surface area contributed by atoms with Crippen molar-refractivity contribution < 1.29 is 8.78 Å². The molecule has 3 aromatic rings. The van der Waals surface area contributed by atoms with Gasteiger partial charge in [0.2, 0.25) is 5.92 Å². The third-order valence-corrected chi connectivity index (χ3v) is 6.19. The van der Waals surface area contributed by atoms with Gasteiger partial charge in [0.15, 0.2) is 0 Å². The molecule has 0 saturated heterocycles. The highest BCUT2D eigenvalue weighted by Gasteiger charge is 2.36. The average Bonchev–Trinajstić information content (AvgIpc) is 3.02. The minimum atomic E-state index is -2.50. The third kappa shape index (κ3) is 2.85. The molecule has 0 unspecified atom stereocenters.